The van der Waals surface area contributed by atoms with Crippen LogP contribution in [0.1, 0.15) is 26.2 Å². The number of piperidine rings is 1. The molecule has 2 fully saturated rings. The molecule has 7 heteroatoms. The Morgan fingerprint density at radius 2 is 1.96 bits per heavy atom. The summed E-state index contributed by atoms with van der Waals surface area (Å²) in [4.78, 5) is 27.5. The highest BCUT2D eigenvalue weighted by atomic mass is 19.1. The summed E-state index contributed by atoms with van der Waals surface area (Å²) >= 11 is 0. The lowest BCUT2D eigenvalue weighted by Crippen LogP contribution is -2.52. The minimum absolute atomic E-state index is 0.241. The third kappa shape index (κ3) is 3.74. The van der Waals surface area contributed by atoms with Crippen molar-refractivity contribution < 1.29 is 9.18 Å². The number of benzene rings is 1. The summed E-state index contributed by atoms with van der Waals surface area (Å²) < 4.78 is 14.0. The molecule has 0 aliphatic carbocycles. The second-order valence-electron chi connectivity index (χ2n) is 7.53. The molecule has 0 bridgehead atoms. The molecule has 1 amide bonds. The zero-order valence-corrected chi connectivity index (χ0v) is 15.8. The van der Waals surface area contributed by atoms with E-state index < -0.39 is 0 Å². The van der Waals surface area contributed by atoms with Gasteiger partial charge in [0, 0.05) is 44.2 Å². The van der Waals surface area contributed by atoms with Crippen molar-refractivity contribution in [3.8, 4) is 0 Å². The third-order valence-electron chi connectivity index (χ3n) is 5.75. The first-order valence-electron chi connectivity index (χ1n) is 9.79. The first kappa shape index (κ1) is 18.1. The van der Waals surface area contributed by atoms with Crippen molar-refractivity contribution in [1.29, 1.82) is 0 Å². The number of carbonyl (C=O) groups is 1. The Hall–Kier alpha value is -2.28. The molecule has 2 aliphatic rings. The number of amides is 1. The molecule has 3 heterocycles. The Morgan fingerprint density at radius 1 is 1.15 bits per heavy atom. The fourth-order valence-corrected chi connectivity index (χ4v) is 4.16. The average Bonchev–Trinajstić information content (AvgIpc) is 2.69. The molecule has 0 spiro atoms. The molecule has 144 valence electrons. The zero-order valence-electron chi connectivity index (χ0n) is 15.8. The number of hydrogen-bond acceptors (Lipinski definition) is 5. The van der Waals surface area contributed by atoms with Gasteiger partial charge in [0.2, 0.25) is 5.91 Å². The van der Waals surface area contributed by atoms with Gasteiger partial charge in [-0.2, -0.15) is 0 Å². The predicted octanol–water partition coefficient (Wildman–Crippen LogP) is 2.29. The maximum atomic E-state index is 14.0. The van der Waals surface area contributed by atoms with Crippen molar-refractivity contribution in [2.75, 3.05) is 44.2 Å². The number of carbonyl (C=O) groups excluding carboxylic acids is 1. The lowest BCUT2D eigenvalue weighted by atomic mass is 10.0. The van der Waals surface area contributed by atoms with Gasteiger partial charge in [0.15, 0.2) is 0 Å². The number of rotatable bonds is 3. The summed E-state index contributed by atoms with van der Waals surface area (Å²) in [5.74, 6) is 0.691. The van der Waals surface area contributed by atoms with Crippen LogP contribution in [0.25, 0.3) is 10.9 Å². The lowest BCUT2D eigenvalue weighted by molar-refractivity contribution is -0.135. The van der Waals surface area contributed by atoms with Gasteiger partial charge in [-0.1, -0.05) is 6.07 Å². The highest BCUT2D eigenvalue weighted by molar-refractivity contribution is 5.89. The summed E-state index contributed by atoms with van der Waals surface area (Å²) in [5, 5.41) is 0.740. The van der Waals surface area contributed by atoms with Gasteiger partial charge in [-0.05, 0) is 38.3 Å². The molecule has 0 N–H and O–H groups in total. The van der Waals surface area contributed by atoms with Gasteiger partial charge >= 0.3 is 0 Å². The molecule has 4 rings (SSSR count). The van der Waals surface area contributed by atoms with Crippen LogP contribution in [0.2, 0.25) is 0 Å². The third-order valence-corrected chi connectivity index (χ3v) is 5.75. The van der Waals surface area contributed by atoms with Gasteiger partial charge in [-0.25, -0.2) is 14.4 Å². The van der Waals surface area contributed by atoms with E-state index >= 15 is 0 Å². The Morgan fingerprint density at radius 3 is 2.74 bits per heavy atom. The topological polar surface area (TPSA) is 52.6 Å². The van der Waals surface area contributed by atoms with Crippen molar-refractivity contribution in [2.24, 2.45) is 0 Å². The number of likely N-dealkylation sites (tertiary alicyclic amines) is 1. The minimum atomic E-state index is -0.323. The Balaban J connectivity index is 1.39. The number of piperazine rings is 1. The largest absolute Gasteiger partial charge is 0.353 e. The molecule has 1 aromatic heterocycles. The summed E-state index contributed by atoms with van der Waals surface area (Å²) in [5.41, 5.74) is 0.360. The van der Waals surface area contributed by atoms with Crippen LogP contribution >= 0.6 is 0 Å². The van der Waals surface area contributed by atoms with Crippen LogP contribution in [0.3, 0.4) is 0 Å². The smallest absolute Gasteiger partial charge is 0.236 e. The zero-order chi connectivity index (χ0) is 18.8. The summed E-state index contributed by atoms with van der Waals surface area (Å²) in [6, 6.07) is 5.33. The number of anilines is 1. The fraction of sp³-hybridized carbons (Fsp3) is 0.550. The molecule has 0 saturated carbocycles. The van der Waals surface area contributed by atoms with Crippen molar-refractivity contribution in [1.82, 2.24) is 19.8 Å². The molecule has 2 aliphatic heterocycles. The van der Waals surface area contributed by atoms with Crippen LogP contribution in [-0.2, 0) is 4.79 Å². The van der Waals surface area contributed by atoms with E-state index in [9.17, 15) is 9.18 Å². The van der Waals surface area contributed by atoms with Crippen molar-refractivity contribution in [3.63, 3.8) is 0 Å². The normalized spacial score (nSPS) is 21.6. The Bertz CT molecular complexity index is 821. The quantitative estimate of drug-likeness (QED) is 0.829. The maximum absolute atomic E-state index is 14.0. The molecule has 6 nitrogen and oxygen atoms in total. The van der Waals surface area contributed by atoms with Gasteiger partial charge in [-0.3, -0.25) is 9.69 Å². The van der Waals surface area contributed by atoms with Crippen LogP contribution in [0.15, 0.2) is 24.5 Å². The SMILES string of the molecule is CC1CCCCN1C(=O)CN1CCN(c2ncnc3c(F)cccc23)CC1. The minimum Gasteiger partial charge on any atom is -0.353 e. The van der Waals surface area contributed by atoms with Gasteiger partial charge in [0.25, 0.3) is 0 Å². The Kier molecular flexibility index (Phi) is 5.20. The van der Waals surface area contributed by atoms with Crippen molar-refractivity contribution >= 4 is 22.6 Å². The van der Waals surface area contributed by atoms with E-state index in [4.69, 9.17) is 0 Å². The predicted molar refractivity (Wildman–Crippen MR) is 103 cm³/mol. The van der Waals surface area contributed by atoms with E-state index in [2.05, 4.69) is 26.7 Å². The summed E-state index contributed by atoms with van der Waals surface area (Å²) in [7, 11) is 0. The fourth-order valence-electron chi connectivity index (χ4n) is 4.16. The average molecular weight is 371 g/mol. The van der Waals surface area contributed by atoms with Crippen LogP contribution in [-0.4, -0.2) is 71.0 Å². The number of hydrogen-bond donors (Lipinski definition) is 0. The summed E-state index contributed by atoms with van der Waals surface area (Å²) in [6.07, 6.45) is 4.86. The van der Waals surface area contributed by atoms with Crippen LogP contribution in [0.4, 0.5) is 10.2 Å². The molecule has 27 heavy (non-hydrogen) atoms. The van der Waals surface area contributed by atoms with E-state index in [-0.39, 0.29) is 11.7 Å². The van der Waals surface area contributed by atoms with Gasteiger partial charge in [0.1, 0.15) is 23.5 Å². The summed E-state index contributed by atoms with van der Waals surface area (Å²) in [6.45, 7) is 6.66. The Labute approximate surface area is 159 Å². The van der Waals surface area contributed by atoms with E-state index in [1.807, 2.05) is 11.0 Å². The van der Waals surface area contributed by atoms with E-state index in [1.54, 1.807) is 6.07 Å². The lowest BCUT2D eigenvalue weighted by Gasteiger charge is -2.38. The second-order valence-corrected chi connectivity index (χ2v) is 7.53. The monoisotopic (exact) mass is 371 g/mol. The highest BCUT2D eigenvalue weighted by Gasteiger charge is 2.27. The highest BCUT2D eigenvalue weighted by Crippen LogP contribution is 2.25. The maximum Gasteiger partial charge on any atom is 0.236 e. The van der Waals surface area contributed by atoms with E-state index in [0.717, 1.165) is 56.8 Å². The first-order chi connectivity index (χ1) is 13.1. The van der Waals surface area contributed by atoms with Gasteiger partial charge in [0.05, 0.1) is 6.54 Å². The molecule has 1 aromatic carbocycles. The molecule has 2 saturated heterocycles. The molecular formula is C20H26FN5O. The van der Waals surface area contributed by atoms with E-state index in [1.165, 1.54) is 18.8 Å². The number of para-hydroxylation sites is 1. The molecule has 0 radical (unpaired) electrons. The number of nitrogens with zero attached hydrogens (tertiary/aromatic N) is 5. The van der Waals surface area contributed by atoms with Crippen LogP contribution < -0.4 is 4.90 Å². The van der Waals surface area contributed by atoms with E-state index in [0.29, 0.717) is 18.1 Å². The molecule has 2 aromatic rings. The number of halogens is 1. The standard InChI is InChI=1S/C20H26FN5O/c1-15-5-2-3-8-26(15)18(27)13-24-9-11-25(12-10-24)20-16-6-4-7-17(21)19(16)22-14-23-20/h4,6-7,14-15H,2-3,5,8-13H2,1H3. The first-order valence-corrected chi connectivity index (χ1v) is 9.79. The molecule has 1 atom stereocenters. The second kappa shape index (κ2) is 7.76. The number of aromatic nitrogens is 2. The molecule has 1 unspecified atom stereocenters. The van der Waals surface area contributed by atoms with Gasteiger partial charge < -0.3 is 9.80 Å². The number of fused-ring (bicyclic) bond motifs is 1. The van der Waals surface area contributed by atoms with Crippen molar-refractivity contribution in [2.45, 2.75) is 32.2 Å². The van der Waals surface area contributed by atoms with Crippen LogP contribution in [0.5, 0.6) is 0 Å². The molecular weight excluding hydrogens is 345 g/mol. The van der Waals surface area contributed by atoms with Crippen LogP contribution in [0, 0.1) is 5.82 Å². The van der Waals surface area contributed by atoms with Gasteiger partial charge in [-0.15, -0.1) is 0 Å². The van der Waals surface area contributed by atoms with Crippen molar-refractivity contribution in [3.05, 3.63) is 30.3 Å².